The van der Waals surface area contributed by atoms with Crippen LogP contribution in [0.5, 0.6) is 0 Å². The summed E-state index contributed by atoms with van der Waals surface area (Å²) in [5.74, 6) is 0. The molecule has 4 heteroatoms. The molecule has 10 heavy (non-hydrogen) atoms. The first-order valence-corrected chi connectivity index (χ1v) is 2.71. The van der Waals surface area contributed by atoms with E-state index in [0.717, 1.165) is 6.42 Å². The topological polar surface area (TPSA) is 94.5 Å². The summed E-state index contributed by atoms with van der Waals surface area (Å²) < 4.78 is 0. The second-order valence-corrected chi connectivity index (χ2v) is 1.56. The average molecular weight is 230 g/mol. The van der Waals surface area contributed by atoms with Crippen LogP contribution in [0.1, 0.15) is 32.6 Å². The summed E-state index contributed by atoms with van der Waals surface area (Å²) in [5.41, 5.74) is 0. The summed E-state index contributed by atoms with van der Waals surface area (Å²) in [6, 6.07) is 0. The Balaban J connectivity index is -0.0000000208. The molecule has 0 aliphatic rings. The minimum atomic E-state index is 0. The number of hydrogen-bond acceptors (Lipinski definition) is 0. The van der Waals surface area contributed by atoms with Gasteiger partial charge in [0.15, 0.2) is 0 Å². The SMILES string of the molecule is O.O.O.[CH2-]CCCCC.[Zr]. The average Bonchev–Trinajstić information content (AvgIpc) is 1.61. The predicted molar refractivity (Wildman–Crippen MR) is 40.3 cm³/mol. The second-order valence-electron chi connectivity index (χ2n) is 1.56. The summed E-state index contributed by atoms with van der Waals surface area (Å²) in [6.45, 7) is 5.93. The van der Waals surface area contributed by atoms with Crippen LogP contribution in [0.15, 0.2) is 0 Å². The van der Waals surface area contributed by atoms with Gasteiger partial charge in [-0.2, -0.15) is 6.42 Å². The molecule has 0 aliphatic carbocycles. The van der Waals surface area contributed by atoms with Gasteiger partial charge in [0.2, 0.25) is 0 Å². The third-order valence-corrected chi connectivity index (χ3v) is 0.854. The van der Waals surface area contributed by atoms with Gasteiger partial charge in [-0.15, -0.1) is 0 Å². The quantitative estimate of drug-likeness (QED) is 0.479. The summed E-state index contributed by atoms with van der Waals surface area (Å²) in [6.07, 6.45) is 5.07. The molecular weight excluding hydrogens is 211 g/mol. The molecular formula is C6H19O3Zr-. The standard InChI is InChI=1S/C6H13.3H2O.Zr/c1-3-5-6-4-2;;;;/h1,3-6H2,2H3;3*1H2;/q-1;;;;. The van der Waals surface area contributed by atoms with E-state index in [1.54, 1.807) is 0 Å². The Morgan fingerprint density at radius 3 is 1.50 bits per heavy atom. The Morgan fingerprint density at radius 2 is 1.40 bits per heavy atom. The van der Waals surface area contributed by atoms with Gasteiger partial charge in [0.1, 0.15) is 0 Å². The molecule has 0 heterocycles. The minimum Gasteiger partial charge on any atom is -0.412 e. The van der Waals surface area contributed by atoms with Gasteiger partial charge in [0.05, 0.1) is 0 Å². The van der Waals surface area contributed by atoms with Crippen molar-refractivity contribution in [2.45, 2.75) is 32.6 Å². The predicted octanol–water partition coefficient (Wildman–Crippen LogP) is -0.0758. The molecule has 66 valence electrons. The first kappa shape index (κ1) is 30.9. The van der Waals surface area contributed by atoms with Crippen LogP contribution in [0, 0.1) is 6.92 Å². The van der Waals surface area contributed by atoms with E-state index in [9.17, 15) is 0 Å². The van der Waals surface area contributed by atoms with E-state index < -0.39 is 0 Å². The van der Waals surface area contributed by atoms with Crippen molar-refractivity contribution in [3.05, 3.63) is 6.92 Å². The van der Waals surface area contributed by atoms with Crippen LogP contribution < -0.4 is 0 Å². The molecule has 0 aromatic rings. The molecule has 0 unspecified atom stereocenters. The van der Waals surface area contributed by atoms with E-state index in [1.165, 1.54) is 19.3 Å². The molecule has 0 amide bonds. The summed E-state index contributed by atoms with van der Waals surface area (Å²) >= 11 is 0. The molecule has 0 rings (SSSR count). The maximum Gasteiger partial charge on any atom is 0 e. The number of rotatable bonds is 3. The molecule has 0 aromatic carbocycles. The number of hydrogen-bond donors (Lipinski definition) is 0. The first-order valence-electron chi connectivity index (χ1n) is 2.71. The summed E-state index contributed by atoms with van der Waals surface area (Å²) in [5, 5.41) is 0. The molecule has 6 N–H and O–H groups in total. The fraction of sp³-hybridized carbons (Fsp3) is 0.833. The Bertz CT molecular complexity index is 25.0. The zero-order valence-electron chi connectivity index (χ0n) is 6.54. The van der Waals surface area contributed by atoms with Crippen molar-refractivity contribution >= 4 is 0 Å². The maximum absolute atomic E-state index is 3.72. The van der Waals surface area contributed by atoms with Gasteiger partial charge in [0.25, 0.3) is 0 Å². The van der Waals surface area contributed by atoms with E-state index in [-0.39, 0.29) is 42.6 Å². The zero-order valence-corrected chi connectivity index (χ0v) is 8.99. The van der Waals surface area contributed by atoms with Crippen LogP contribution in [0.3, 0.4) is 0 Å². The minimum absolute atomic E-state index is 0. The van der Waals surface area contributed by atoms with E-state index in [2.05, 4.69) is 13.8 Å². The van der Waals surface area contributed by atoms with E-state index in [0.29, 0.717) is 0 Å². The molecule has 0 bridgehead atoms. The molecule has 3 nitrogen and oxygen atoms in total. The van der Waals surface area contributed by atoms with Gasteiger partial charge in [-0.25, -0.2) is 0 Å². The second kappa shape index (κ2) is 33.0. The third-order valence-electron chi connectivity index (χ3n) is 0.854. The molecule has 0 atom stereocenters. The fourth-order valence-electron chi connectivity index (χ4n) is 0.427. The smallest absolute Gasteiger partial charge is 0 e. The first-order chi connectivity index (χ1) is 2.91. The zero-order chi connectivity index (χ0) is 4.83. The normalized spacial score (nSPS) is 5.40. The van der Waals surface area contributed by atoms with E-state index >= 15 is 0 Å². The Hall–Kier alpha value is 0.763. The molecule has 0 spiro atoms. The Kier molecular flexibility index (Phi) is 102. The molecule has 0 fully saturated rings. The van der Waals surface area contributed by atoms with Crippen LogP contribution in [0.25, 0.3) is 0 Å². The van der Waals surface area contributed by atoms with Crippen LogP contribution in [0.2, 0.25) is 0 Å². The Labute approximate surface area is 82.3 Å². The van der Waals surface area contributed by atoms with Crippen molar-refractivity contribution in [1.82, 2.24) is 0 Å². The molecule has 0 saturated heterocycles. The summed E-state index contributed by atoms with van der Waals surface area (Å²) in [7, 11) is 0. The maximum atomic E-state index is 3.72. The molecule has 0 saturated carbocycles. The van der Waals surface area contributed by atoms with Gasteiger partial charge in [-0.1, -0.05) is 26.2 Å². The number of unbranched alkanes of at least 4 members (excludes halogenated alkanes) is 3. The monoisotopic (exact) mass is 229 g/mol. The van der Waals surface area contributed by atoms with E-state index in [1.807, 2.05) is 0 Å². The van der Waals surface area contributed by atoms with Crippen molar-refractivity contribution in [2.24, 2.45) is 0 Å². The van der Waals surface area contributed by atoms with Crippen molar-refractivity contribution < 1.29 is 42.6 Å². The van der Waals surface area contributed by atoms with Gasteiger partial charge in [-0.05, 0) is 0 Å². The van der Waals surface area contributed by atoms with Crippen LogP contribution in [0.4, 0.5) is 0 Å². The van der Waals surface area contributed by atoms with Gasteiger partial charge < -0.3 is 23.4 Å². The van der Waals surface area contributed by atoms with Gasteiger partial charge in [-0.3, -0.25) is 0 Å². The van der Waals surface area contributed by atoms with Crippen molar-refractivity contribution in [1.29, 1.82) is 0 Å². The third kappa shape index (κ3) is 37.3. The molecule has 0 aromatic heterocycles. The largest absolute Gasteiger partial charge is 0.412 e. The van der Waals surface area contributed by atoms with Crippen molar-refractivity contribution in [3.63, 3.8) is 0 Å². The Morgan fingerprint density at radius 1 is 1.00 bits per heavy atom. The van der Waals surface area contributed by atoms with Gasteiger partial charge in [0, 0.05) is 26.2 Å². The molecule has 0 radical (unpaired) electrons. The van der Waals surface area contributed by atoms with Gasteiger partial charge >= 0.3 is 0 Å². The van der Waals surface area contributed by atoms with Crippen LogP contribution in [-0.2, 0) is 26.2 Å². The van der Waals surface area contributed by atoms with Crippen molar-refractivity contribution in [3.8, 4) is 0 Å². The van der Waals surface area contributed by atoms with Crippen LogP contribution in [-0.4, -0.2) is 16.4 Å². The fourth-order valence-corrected chi connectivity index (χ4v) is 0.427. The van der Waals surface area contributed by atoms with E-state index in [4.69, 9.17) is 0 Å². The summed E-state index contributed by atoms with van der Waals surface area (Å²) in [4.78, 5) is 0. The van der Waals surface area contributed by atoms with Crippen molar-refractivity contribution in [2.75, 3.05) is 0 Å². The molecule has 0 aliphatic heterocycles. The van der Waals surface area contributed by atoms with Crippen LogP contribution >= 0.6 is 0 Å².